The fourth-order valence-corrected chi connectivity index (χ4v) is 1.09. The van der Waals surface area contributed by atoms with E-state index < -0.39 is 33.5 Å². The summed E-state index contributed by atoms with van der Waals surface area (Å²) in [5, 5.41) is 10.5. The van der Waals surface area contributed by atoms with E-state index in [9.17, 15) is 28.1 Å². The predicted octanol–water partition coefficient (Wildman–Crippen LogP) is 3.35. The van der Waals surface area contributed by atoms with Crippen LogP contribution in [-0.2, 0) is 6.18 Å². The van der Waals surface area contributed by atoms with Crippen molar-refractivity contribution in [1.29, 1.82) is 0 Å². The smallest absolute Gasteiger partial charge is 0.407 e. The Bertz CT molecular complexity index is 474. The number of carbonyl (C=O) groups excluding carboxylic acids is 1. The number of nitro benzene ring substituents is 1. The number of hydrogen-bond acceptors (Lipinski definition) is 4. The highest BCUT2D eigenvalue weighted by molar-refractivity contribution is 6.61. The first kappa shape index (κ1) is 13.2. The molecule has 5 nitrogen and oxygen atoms in total. The highest BCUT2D eigenvalue weighted by Gasteiger charge is 2.33. The number of nitro groups is 1. The minimum absolute atomic E-state index is 0.259. The molecule has 0 radical (unpaired) electrons. The maximum atomic E-state index is 12.3. The molecule has 0 aliphatic heterocycles. The van der Waals surface area contributed by atoms with Crippen LogP contribution < -0.4 is 4.74 Å². The first-order valence-electron chi connectivity index (χ1n) is 3.95. The molecule has 0 fully saturated rings. The van der Waals surface area contributed by atoms with E-state index in [1.165, 1.54) is 0 Å². The van der Waals surface area contributed by atoms with Crippen molar-refractivity contribution in [2.24, 2.45) is 0 Å². The zero-order valence-electron chi connectivity index (χ0n) is 7.82. The van der Waals surface area contributed by atoms with Crippen LogP contribution in [0.15, 0.2) is 18.2 Å². The minimum atomic E-state index is -4.73. The normalized spacial score (nSPS) is 11.1. The molecule has 17 heavy (non-hydrogen) atoms. The third-order valence-corrected chi connectivity index (χ3v) is 1.75. The summed E-state index contributed by atoms with van der Waals surface area (Å²) in [5.41, 5.74) is -3.60. The number of carbonyl (C=O) groups is 1. The summed E-state index contributed by atoms with van der Waals surface area (Å²) in [6, 6.07) is 1.46. The first-order valence-corrected chi connectivity index (χ1v) is 4.32. The molecule has 0 saturated heterocycles. The summed E-state index contributed by atoms with van der Waals surface area (Å²) in [6.07, 6.45) is -4.73. The van der Waals surface area contributed by atoms with Crippen molar-refractivity contribution in [3.8, 4) is 5.75 Å². The monoisotopic (exact) mass is 269 g/mol. The van der Waals surface area contributed by atoms with E-state index in [-0.39, 0.29) is 6.07 Å². The molecule has 0 aromatic heterocycles. The summed E-state index contributed by atoms with van der Waals surface area (Å²) < 4.78 is 41.0. The van der Waals surface area contributed by atoms with Gasteiger partial charge < -0.3 is 4.74 Å². The zero-order valence-corrected chi connectivity index (χ0v) is 8.58. The molecule has 0 N–H and O–H groups in total. The molecule has 1 aromatic carbocycles. The van der Waals surface area contributed by atoms with Crippen LogP contribution in [0.1, 0.15) is 5.56 Å². The van der Waals surface area contributed by atoms with E-state index in [1.54, 1.807) is 0 Å². The van der Waals surface area contributed by atoms with Gasteiger partial charge in [-0.05, 0) is 12.1 Å². The number of ether oxygens (including phenoxy) is 1. The quantitative estimate of drug-likeness (QED) is 0.469. The molecule has 9 heteroatoms. The zero-order chi connectivity index (χ0) is 13.2. The predicted molar refractivity (Wildman–Crippen MR) is 50.0 cm³/mol. The van der Waals surface area contributed by atoms with Gasteiger partial charge in [0.15, 0.2) is 0 Å². The Hall–Kier alpha value is -1.83. The number of rotatable bonds is 2. The molecule has 0 heterocycles. The molecule has 1 rings (SSSR count). The summed E-state index contributed by atoms with van der Waals surface area (Å²) in [5.74, 6) is -0.650. The lowest BCUT2D eigenvalue weighted by Gasteiger charge is -2.07. The van der Waals surface area contributed by atoms with Gasteiger partial charge in [0.05, 0.1) is 10.5 Å². The maximum Gasteiger partial charge on any atom is 0.416 e. The van der Waals surface area contributed by atoms with E-state index in [2.05, 4.69) is 4.74 Å². The Morgan fingerprint density at radius 3 is 2.41 bits per heavy atom. The van der Waals surface area contributed by atoms with Crippen LogP contribution in [0.2, 0.25) is 0 Å². The second-order valence-corrected chi connectivity index (χ2v) is 3.09. The van der Waals surface area contributed by atoms with Gasteiger partial charge in [-0.2, -0.15) is 13.2 Å². The van der Waals surface area contributed by atoms with E-state index in [0.717, 1.165) is 0 Å². The van der Waals surface area contributed by atoms with Gasteiger partial charge in [0, 0.05) is 17.7 Å². The van der Waals surface area contributed by atoms with Gasteiger partial charge in [-0.15, -0.1) is 0 Å². The van der Waals surface area contributed by atoms with Gasteiger partial charge in [0.2, 0.25) is 5.75 Å². The second-order valence-electron chi connectivity index (χ2n) is 2.78. The SMILES string of the molecule is O=C(Cl)Oc1ccc(C(F)(F)F)cc1[N+](=O)[O-]. The van der Waals surface area contributed by atoms with Crippen LogP contribution in [0.4, 0.5) is 23.7 Å². The summed E-state index contributed by atoms with van der Waals surface area (Å²) in [7, 11) is 0. The van der Waals surface area contributed by atoms with Crippen molar-refractivity contribution in [1.82, 2.24) is 0 Å². The van der Waals surface area contributed by atoms with Crippen molar-refractivity contribution in [3.05, 3.63) is 33.9 Å². The fraction of sp³-hybridized carbons (Fsp3) is 0.125. The summed E-state index contributed by atoms with van der Waals surface area (Å²) in [4.78, 5) is 19.7. The summed E-state index contributed by atoms with van der Waals surface area (Å²) in [6.45, 7) is 0. The minimum Gasteiger partial charge on any atom is -0.407 e. The number of nitrogens with zero attached hydrogens (tertiary/aromatic N) is 1. The molecule has 0 aliphatic rings. The first-order chi connectivity index (χ1) is 7.71. The molecule has 0 aliphatic carbocycles. The lowest BCUT2D eigenvalue weighted by molar-refractivity contribution is -0.385. The lowest BCUT2D eigenvalue weighted by atomic mass is 10.2. The topological polar surface area (TPSA) is 69.4 Å². The number of benzene rings is 1. The molecular weight excluding hydrogens is 267 g/mol. The highest BCUT2D eigenvalue weighted by Crippen LogP contribution is 2.36. The van der Waals surface area contributed by atoms with E-state index >= 15 is 0 Å². The van der Waals surface area contributed by atoms with Gasteiger partial charge in [-0.1, -0.05) is 0 Å². The molecular formula is C8H3ClF3NO4. The van der Waals surface area contributed by atoms with Gasteiger partial charge >= 0.3 is 17.3 Å². The molecule has 0 spiro atoms. The molecule has 92 valence electrons. The van der Waals surface area contributed by atoms with Crippen LogP contribution in [0.5, 0.6) is 5.75 Å². The Morgan fingerprint density at radius 2 is 2.00 bits per heavy atom. The molecule has 0 amide bonds. The third-order valence-electron chi connectivity index (χ3n) is 1.67. The Morgan fingerprint density at radius 1 is 1.41 bits per heavy atom. The molecule has 0 atom stereocenters. The Balaban J connectivity index is 3.27. The highest BCUT2D eigenvalue weighted by atomic mass is 35.5. The van der Waals surface area contributed by atoms with Crippen LogP contribution in [0, 0.1) is 10.1 Å². The number of halogens is 4. The van der Waals surface area contributed by atoms with Gasteiger partial charge in [0.25, 0.3) is 0 Å². The maximum absolute atomic E-state index is 12.3. The largest absolute Gasteiger partial charge is 0.416 e. The van der Waals surface area contributed by atoms with Crippen LogP contribution in [-0.4, -0.2) is 10.4 Å². The van der Waals surface area contributed by atoms with E-state index in [1.807, 2.05) is 0 Å². The molecule has 0 saturated carbocycles. The van der Waals surface area contributed by atoms with Gasteiger partial charge in [0.1, 0.15) is 0 Å². The number of hydrogen-bond donors (Lipinski definition) is 0. The standard InChI is InChI=1S/C8H3ClF3NO4/c9-7(14)17-6-2-1-4(8(10,11)12)3-5(6)13(15)16/h1-3H. The van der Waals surface area contributed by atoms with Gasteiger partial charge in [-0.25, -0.2) is 4.79 Å². The fourth-order valence-electron chi connectivity index (χ4n) is 1.01. The third kappa shape index (κ3) is 3.31. The average molecular weight is 270 g/mol. The molecule has 1 aromatic rings. The van der Waals surface area contributed by atoms with Crippen molar-refractivity contribution in [2.45, 2.75) is 6.18 Å². The number of alkyl halides is 3. The van der Waals surface area contributed by atoms with Crippen molar-refractivity contribution >= 4 is 22.7 Å². The van der Waals surface area contributed by atoms with E-state index in [0.29, 0.717) is 12.1 Å². The van der Waals surface area contributed by atoms with Crippen LogP contribution in [0.3, 0.4) is 0 Å². The van der Waals surface area contributed by atoms with Crippen molar-refractivity contribution in [3.63, 3.8) is 0 Å². The van der Waals surface area contributed by atoms with Gasteiger partial charge in [-0.3, -0.25) is 10.1 Å². The van der Waals surface area contributed by atoms with Crippen molar-refractivity contribution < 1.29 is 27.6 Å². The van der Waals surface area contributed by atoms with Crippen molar-refractivity contribution in [2.75, 3.05) is 0 Å². The molecule has 0 unspecified atom stereocenters. The Kier molecular flexibility index (Phi) is 3.56. The molecule has 0 bridgehead atoms. The average Bonchev–Trinajstić information content (AvgIpc) is 2.15. The Labute approximate surface area is 96.9 Å². The lowest BCUT2D eigenvalue weighted by Crippen LogP contribution is -2.07. The van der Waals surface area contributed by atoms with Crippen LogP contribution >= 0.6 is 11.6 Å². The summed E-state index contributed by atoms with van der Waals surface area (Å²) >= 11 is 4.81. The van der Waals surface area contributed by atoms with Crippen LogP contribution in [0.25, 0.3) is 0 Å². The van der Waals surface area contributed by atoms with E-state index in [4.69, 9.17) is 11.6 Å². The second kappa shape index (κ2) is 4.58.